The summed E-state index contributed by atoms with van der Waals surface area (Å²) in [6.45, 7) is 10.9. The fourth-order valence-corrected chi connectivity index (χ4v) is 3.58. The molecule has 1 unspecified atom stereocenters. The number of carbonyl (C=O) groups is 1. The zero-order valence-electron chi connectivity index (χ0n) is 13.1. The summed E-state index contributed by atoms with van der Waals surface area (Å²) in [4.78, 5) is 17.7. The third-order valence-electron chi connectivity index (χ3n) is 4.02. The highest BCUT2D eigenvalue weighted by molar-refractivity contribution is 7.99. The first kappa shape index (κ1) is 16.4. The molecule has 5 nitrogen and oxygen atoms in total. The predicted molar refractivity (Wildman–Crippen MR) is 84.9 cm³/mol. The quantitative estimate of drug-likeness (QED) is 0.784. The summed E-state index contributed by atoms with van der Waals surface area (Å²) in [6.07, 6.45) is 3.12. The summed E-state index contributed by atoms with van der Waals surface area (Å²) < 4.78 is 2.24. The van der Waals surface area contributed by atoms with Crippen molar-refractivity contribution >= 4 is 17.7 Å². The summed E-state index contributed by atoms with van der Waals surface area (Å²) in [6, 6.07) is 0. The first-order valence-electron chi connectivity index (χ1n) is 7.63. The average Bonchev–Trinajstić information content (AvgIpc) is 3.03. The fraction of sp³-hybridized carbons (Fsp3) is 0.733. The lowest BCUT2D eigenvalue weighted by Crippen LogP contribution is -2.22. The molecule has 6 heteroatoms. The molecule has 118 valence electrons. The molecule has 21 heavy (non-hydrogen) atoms. The zero-order chi connectivity index (χ0) is 15.4. The number of aliphatic carboxylic acids is 1. The van der Waals surface area contributed by atoms with E-state index in [4.69, 9.17) is 5.11 Å². The van der Waals surface area contributed by atoms with E-state index in [2.05, 4.69) is 35.2 Å². The molecule has 0 saturated carbocycles. The van der Waals surface area contributed by atoms with Gasteiger partial charge in [-0.1, -0.05) is 32.5 Å². The summed E-state index contributed by atoms with van der Waals surface area (Å²) in [7, 11) is 0. The molecule has 0 spiro atoms. The Morgan fingerprint density at radius 1 is 1.57 bits per heavy atom. The molecule has 1 fully saturated rings. The first-order chi connectivity index (χ1) is 10.0. The predicted octanol–water partition coefficient (Wildman–Crippen LogP) is 2.53. The van der Waals surface area contributed by atoms with E-state index in [-0.39, 0.29) is 5.75 Å². The summed E-state index contributed by atoms with van der Waals surface area (Å²) >= 11 is 1.32. The summed E-state index contributed by atoms with van der Waals surface area (Å²) in [5, 5.41) is 9.71. The van der Waals surface area contributed by atoms with Crippen LogP contribution in [0.2, 0.25) is 0 Å². The Morgan fingerprint density at radius 3 is 2.90 bits per heavy atom. The number of rotatable bonds is 7. The molecule has 1 aromatic heterocycles. The maximum absolute atomic E-state index is 10.8. The molecule has 0 radical (unpaired) electrons. The first-order valence-corrected chi connectivity index (χ1v) is 8.62. The van der Waals surface area contributed by atoms with Gasteiger partial charge in [0.25, 0.3) is 0 Å². The van der Waals surface area contributed by atoms with E-state index in [1.165, 1.54) is 30.4 Å². The highest BCUT2D eigenvalue weighted by Crippen LogP contribution is 2.27. The minimum Gasteiger partial charge on any atom is -0.481 e. The second-order valence-corrected chi connectivity index (χ2v) is 6.90. The van der Waals surface area contributed by atoms with E-state index >= 15 is 0 Å². The van der Waals surface area contributed by atoms with Crippen LogP contribution in [0.15, 0.2) is 11.4 Å². The normalized spacial score (nSPS) is 19.5. The minimum absolute atomic E-state index is 0.0697. The number of hydrogen-bond acceptors (Lipinski definition) is 4. The average molecular weight is 311 g/mol. The molecule has 0 aliphatic carbocycles. The van der Waals surface area contributed by atoms with Gasteiger partial charge in [-0.2, -0.15) is 0 Å². The Bertz CT molecular complexity index is 487. The minimum atomic E-state index is -0.793. The van der Waals surface area contributed by atoms with Crippen LogP contribution in [0, 0.1) is 5.92 Å². The lowest BCUT2D eigenvalue weighted by atomic mass is 10.1. The van der Waals surface area contributed by atoms with Crippen molar-refractivity contribution in [1.29, 1.82) is 0 Å². The number of aromatic nitrogens is 2. The molecular formula is C15H25N3O2S. The molecule has 0 amide bonds. The van der Waals surface area contributed by atoms with Gasteiger partial charge in [0.1, 0.15) is 0 Å². The largest absolute Gasteiger partial charge is 0.481 e. The van der Waals surface area contributed by atoms with Gasteiger partial charge in [0.05, 0.1) is 5.75 Å². The van der Waals surface area contributed by atoms with Crippen molar-refractivity contribution in [2.45, 2.75) is 44.8 Å². The van der Waals surface area contributed by atoms with Gasteiger partial charge in [0.2, 0.25) is 0 Å². The van der Waals surface area contributed by atoms with Crippen LogP contribution in [-0.4, -0.2) is 50.9 Å². The Hall–Kier alpha value is -1.01. The molecule has 1 N–H and O–H groups in total. The Morgan fingerprint density at radius 2 is 2.33 bits per heavy atom. The monoisotopic (exact) mass is 311 g/mol. The van der Waals surface area contributed by atoms with Gasteiger partial charge >= 0.3 is 5.97 Å². The van der Waals surface area contributed by atoms with Gasteiger partial charge in [-0.25, -0.2) is 4.98 Å². The third-order valence-corrected chi connectivity index (χ3v) is 5.00. The van der Waals surface area contributed by atoms with Crippen molar-refractivity contribution < 1.29 is 9.90 Å². The highest BCUT2D eigenvalue weighted by atomic mass is 32.2. The lowest BCUT2D eigenvalue weighted by Gasteiger charge is -2.18. The van der Waals surface area contributed by atoms with Crippen LogP contribution in [0.5, 0.6) is 0 Å². The van der Waals surface area contributed by atoms with Crippen molar-refractivity contribution in [3.63, 3.8) is 0 Å². The fourth-order valence-electron chi connectivity index (χ4n) is 2.86. The lowest BCUT2D eigenvalue weighted by molar-refractivity contribution is -0.133. The van der Waals surface area contributed by atoms with Crippen LogP contribution in [-0.2, 0) is 11.3 Å². The molecule has 1 atom stereocenters. The highest BCUT2D eigenvalue weighted by Gasteiger charge is 2.24. The van der Waals surface area contributed by atoms with Crippen LogP contribution in [0.3, 0.4) is 0 Å². The van der Waals surface area contributed by atoms with Crippen LogP contribution in [0.4, 0.5) is 0 Å². The number of carboxylic acid groups (broad SMARTS) is 1. The maximum Gasteiger partial charge on any atom is 0.313 e. The number of likely N-dealkylation sites (tertiary alicyclic amines) is 1. The molecule has 0 aromatic carbocycles. The van der Waals surface area contributed by atoms with E-state index in [1.54, 1.807) is 0 Å². The van der Waals surface area contributed by atoms with Crippen molar-refractivity contribution in [3.05, 3.63) is 11.9 Å². The van der Waals surface area contributed by atoms with Crippen LogP contribution >= 0.6 is 11.8 Å². The van der Waals surface area contributed by atoms with Gasteiger partial charge in [-0.05, 0) is 31.3 Å². The van der Waals surface area contributed by atoms with E-state index in [1.807, 2.05) is 6.20 Å². The van der Waals surface area contributed by atoms with Gasteiger partial charge in [-0.15, -0.1) is 0 Å². The number of carboxylic acids is 1. The van der Waals surface area contributed by atoms with E-state index < -0.39 is 5.97 Å². The smallest absolute Gasteiger partial charge is 0.313 e. The summed E-state index contributed by atoms with van der Waals surface area (Å²) in [5.41, 5.74) is 1.21. The van der Waals surface area contributed by atoms with Gasteiger partial charge in [-0.3, -0.25) is 4.79 Å². The van der Waals surface area contributed by atoms with Crippen molar-refractivity contribution in [3.8, 4) is 0 Å². The van der Waals surface area contributed by atoms with Gasteiger partial charge in [0, 0.05) is 25.0 Å². The topological polar surface area (TPSA) is 58.4 Å². The molecule has 1 aliphatic heterocycles. The zero-order valence-corrected chi connectivity index (χ0v) is 13.9. The van der Waals surface area contributed by atoms with Crippen molar-refractivity contribution in [2.24, 2.45) is 5.92 Å². The van der Waals surface area contributed by atoms with Crippen molar-refractivity contribution in [2.75, 3.05) is 25.4 Å². The van der Waals surface area contributed by atoms with Crippen LogP contribution in [0.25, 0.3) is 0 Å². The molecule has 1 aliphatic rings. The molecule has 2 heterocycles. The van der Waals surface area contributed by atoms with E-state index in [0.717, 1.165) is 24.8 Å². The number of hydrogen-bond donors (Lipinski definition) is 1. The number of nitrogens with zero attached hydrogens (tertiary/aromatic N) is 3. The summed E-state index contributed by atoms with van der Waals surface area (Å²) in [5.74, 6) is 0.320. The van der Waals surface area contributed by atoms with E-state index in [0.29, 0.717) is 11.8 Å². The van der Waals surface area contributed by atoms with Crippen LogP contribution < -0.4 is 0 Å². The molecule has 1 saturated heterocycles. The standard InChI is InChI=1S/C15H25N3O2S/c1-4-17-6-5-12(8-17)9-18-13(11(2)3)7-16-15(18)21-10-14(19)20/h7,11-12H,4-6,8-10H2,1-3H3,(H,19,20). The second-order valence-electron chi connectivity index (χ2n) is 5.96. The maximum atomic E-state index is 10.8. The number of imidazole rings is 1. The van der Waals surface area contributed by atoms with Gasteiger partial charge < -0.3 is 14.6 Å². The Labute approximate surface area is 130 Å². The van der Waals surface area contributed by atoms with E-state index in [9.17, 15) is 4.79 Å². The van der Waals surface area contributed by atoms with Crippen molar-refractivity contribution in [1.82, 2.24) is 14.5 Å². The SMILES string of the molecule is CCN1CCC(Cn2c(C(C)C)cnc2SCC(=O)O)C1. The third kappa shape index (κ3) is 4.23. The molecule has 1 aromatic rings. The second kappa shape index (κ2) is 7.31. The van der Waals surface area contributed by atoms with Crippen LogP contribution in [0.1, 0.15) is 38.8 Å². The Balaban J connectivity index is 2.11. The number of thioether (sulfide) groups is 1. The molecule has 0 bridgehead atoms. The molecule has 2 rings (SSSR count). The molecular weight excluding hydrogens is 286 g/mol. The van der Waals surface area contributed by atoms with Gasteiger partial charge in [0.15, 0.2) is 5.16 Å². The Kier molecular flexibility index (Phi) is 5.70.